The number of aliphatic hydroxyl groups is 1. The van der Waals surface area contributed by atoms with Gasteiger partial charge in [0.2, 0.25) is 11.8 Å². The Morgan fingerprint density at radius 2 is 1.78 bits per heavy atom. The van der Waals surface area contributed by atoms with Gasteiger partial charge in [-0.2, -0.15) is 0 Å². The number of carboxylic acid groups (broad SMARTS) is 2. The van der Waals surface area contributed by atoms with Crippen LogP contribution in [0.1, 0.15) is 13.8 Å². The largest absolute Gasteiger partial charge is 0.480 e. The molecule has 8 heteroatoms. The highest BCUT2D eigenvalue weighted by atomic mass is 16.7. The third-order valence-corrected chi connectivity index (χ3v) is 1.79. The zero-order valence-electron chi connectivity index (χ0n) is 9.97. The smallest absolute Gasteiger partial charge is 0.335 e. The summed E-state index contributed by atoms with van der Waals surface area (Å²) in [5.41, 5.74) is 0.0447. The predicted molar refractivity (Wildman–Crippen MR) is 58.6 cm³/mol. The highest BCUT2D eigenvalue weighted by molar-refractivity contribution is 5.97. The topological polar surface area (TPSA) is 133 Å². The second kappa shape index (κ2) is 6.12. The Kier molecular flexibility index (Phi) is 5.47. The minimum atomic E-state index is -2.04. The summed E-state index contributed by atoms with van der Waals surface area (Å²) in [5.74, 6) is -6.16. The Bertz CT molecular complexity index is 360. The summed E-state index contributed by atoms with van der Waals surface area (Å²) in [7, 11) is 0. The van der Waals surface area contributed by atoms with Crippen LogP contribution in [0.2, 0.25) is 0 Å². The molecular formula is C10H15NO7. The first-order valence-electron chi connectivity index (χ1n) is 4.87. The number of carbonyl (C=O) groups excluding carboxylic acids is 1. The molecule has 4 N–H and O–H groups in total. The summed E-state index contributed by atoms with van der Waals surface area (Å²) in [6.07, 6.45) is 0. The van der Waals surface area contributed by atoms with Crippen molar-refractivity contribution in [2.45, 2.75) is 25.7 Å². The number of rotatable bonds is 7. The molecule has 18 heavy (non-hydrogen) atoms. The fourth-order valence-corrected chi connectivity index (χ4v) is 0.895. The lowest BCUT2D eigenvalue weighted by molar-refractivity contribution is -0.196. The number of hydrogen-bond acceptors (Lipinski definition) is 6. The molecular weight excluding hydrogens is 246 g/mol. The average molecular weight is 261 g/mol. The van der Waals surface area contributed by atoms with Crippen molar-refractivity contribution >= 4 is 17.9 Å². The van der Waals surface area contributed by atoms with E-state index in [0.29, 0.717) is 0 Å². The number of hydrogen-bond donors (Lipinski definition) is 4. The Labute approximate surface area is 103 Å². The molecule has 102 valence electrons. The van der Waals surface area contributed by atoms with Crippen LogP contribution >= 0.6 is 0 Å². The minimum Gasteiger partial charge on any atom is -0.480 e. The Hall–Kier alpha value is -1.93. The van der Waals surface area contributed by atoms with E-state index in [0.717, 1.165) is 6.92 Å². The van der Waals surface area contributed by atoms with Gasteiger partial charge in [0.25, 0.3) is 0 Å². The molecule has 0 aliphatic carbocycles. The van der Waals surface area contributed by atoms with Crippen molar-refractivity contribution in [3.05, 3.63) is 12.2 Å². The van der Waals surface area contributed by atoms with E-state index in [1.807, 2.05) is 5.32 Å². The monoisotopic (exact) mass is 261 g/mol. The van der Waals surface area contributed by atoms with E-state index in [-0.39, 0.29) is 5.57 Å². The Morgan fingerprint density at radius 3 is 2.11 bits per heavy atom. The summed E-state index contributed by atoms with van der Waals surface area (Å²) < 4.78 is 4.58. The molecule has 0 heterocycles. The van der Waals surface area contributed by atoms with Gasteiger partial charge in [0.1, 0.15) is 0 Å². The van der Waals surface area contributed by atoms with E-state index in [4.69, 9.17) is 10.2 Å². The summed E-state index contributed by atoms with van der Waals surface area (Å²) in [4.78, 5) is 32.2. The van der Waals surface area contributed by atoms with Crippen LogP contribution in [0.3, 0.4) is 0 Å². The lowest BCUT2D eigenvalue weighted by Crippen LogP contribution is -2.51. The molecule has 8 nitrogen and oxygen atoms in total. The van der Waals surface area contributed by atoms with E-state index in [2.05, 4.69) is 11.3 Å². The van der Waals surface area contributed by atoms with Crippen molar-refractivity contribution in [2.24, 2.45) is 0 Å². The highest BCUT2D eigenvalue weighted by Gasteiger charge is 2.31. The van der Waals surface area contributed by atoms with Gasteiger partial charge in [-0.25, -0.2) is 14.4 Å². The summed E-state index contributed by atoms with van der Waals surface area (Å²) in [6, 6.07) is -1.90. The highest BCUT2D eigenvalue weighted by Crippen LogP contribution is 2.08. The molecule has 0 fully saturated rings. The second-order valence-electron chi connectivity index (χ2n) is 3.84. The third kappa shape index (κ3) is 5.41. The molecule has 0 bridgehead atoms. The van der Waals surface area contributed by atoms with Crippen molar-refractivity contribution in [2.75, 3.05) is 6.54 Å². The average Bonchev–Trinajstić information content (AvgIpc) is 2.15. The molecule has 0 aromatic heterocycles. The van der Waals surface area contributed by atoms with Gasteiger partial charge in [-0.1, -0.05) is 6.58 Å². The molecule has 0 radical (unpaired) electrons. The van der Waals surface area contributed by atoms with E-state index >= 15 is 0 Å². The quantitative estimate of drug-likeness (QED) is 0.197. The zero-order chi connectivity index (χ0) is 14.5. The maximum absolute atomic E-state index is 11.1. The van der Waals surface area contributed by atoms with Crippen molar-refractivity contribution in [1.29, 1.82) is 0 Å². The van der Waals surface area contributed by atoms with Crippen molar-refractivity contribution < 1.29 is 34.4 Å². The third-order valence-electron chi connectivity index (χ3n) is 1.79. The van der Waals surface area contributed by atoms with Crippen LogP contribution in [0.5, 0.6) is 0 Å². The lowest BCUT2D eigenvalue weighted by atomic mass is 10.2. The summed E-state index contributed by atoms with van der Waals surface area (Å²) >= 11 is 0. The van der Waals surface area contributed by atoms with Gasteiger partial charge in [0, 0.05) is 12.5 Å². The van der Waals surface area contributed by atoms with Gasteiger partial charge in [0.15, 0.2) is 0 Å². The number of carbonyl (C=O) groups is 3. The molecule has 0 saturated heterocycles. The molecule has 0 aliphatic rings. The first-order chi connectivity index (χ1) is 8.07. The van der Waals surface area contributed by atoms with Gasteiger partial charge in [-0.15, -0.1) is 0 Å². The number of esters is 1. The zero-order valence-corrected chi connectivity index (χ0v) is 9.97. The molecule has 0 aliphatic heterocycles. The first kappa shape index (κ1) is 16.1. The Balaban J connectivity index is 4.50. The lowest BCUT2D eigenvalue weighted by Gasteiger charge is -2.24. The number of ether oxygens (including phenoxy) is 1. The van der Waals surface area contributed by atoms with Gasteiger partial charge >= 0.3 is 17.9 Å². The van der Waals surface area contributed by atoms with Gasteiger partial charge in [-0.05, 0) is 6.92 Å². The van der Waals surface area contributed by atoms with Crippen LogP contribution in [0, 0.1) is 0 Å². The van der Waals surface area contributed by atoms with Gasteiger partial charge in [-0.3, -0.25) is 5.32 Å². The maximum atomic E-state index is 11.1. The number of carboxylic acids is 2. The fourth-order valence-electron chi connectivity index (χ4n) is 0.895. The van der Waals surface area contributed by atoms with Crippen LogP contribution in [0.25, 0.3) is 0 Å². The standard InChI is InChI=1S/C10H15NO7/c1-5(2)9(16)18-10(3,17)4-11-6(7(12)13)8(14)15/h6,11,17H,1,4H2,2-3H3,(H,12,13)(H,14,15). The molecule has 0 aromatic carbocycles. The first-order valence-corrected chi connectivity index (χ1v) is 4.87. The van der Waals surface area contributed by atoms with Crippen LogP contribution in [-0.4, -0.2) is 51.6 Å². The van der Waals surface area contributed by atoms with Gasteiger partial charge < -0.3 is 20.1 Å². The number of aliphatic carboxylic acids is 2. The van der Waals surface area contributed by atoms with E-state index < -0.39 is 36.3 Å². The molecule has 1 atom stereocenters. The molecule has 0 saturated carbocycles. The molecule has 1 unspecified atom stereocenters. The van der Waals surface area contributed by atoms with Crippen molar-refractivity contribution in [3.63, 3.8) is 0 Å². The Morgan fingerprint density at radius 1 is 1.33 bits per heavy atom. The molecule has 0 rings (SSSR count). The SMILES string of the molecule is C=C(C)C(=O)OC(C)(O)CNC(C(=O)O)C(=O)O. The fraction of sp³-hybridized carbons (Fsp3) is 0.500. The predicted octanol–water partition coefficient (Wildman–Crippen LogP) is -1.06. The molecule has 0 aromatic rings. The summed E-state index contributed by atoms with van der Waals surface area (Å²) in [6.45, 7) is 5.19. The molecule has 0 spiro atoms. The van der Waals surface area contributed by atoms with Crippen molar-refractivity contribution in [3.8, 4) is 0 Å². The van der Waals surface area contributed by atoms with E-state index in [1.165, 1.54) is 6.92 Å². The van der Waals surface area contributed by atoms with E-state index in [1.54, 1.807) is 0 Å². The van der Waals surface area contributed by atoms with Crippen LogP contribution in [0.15, 0.2) is 12.2 Å². The summed E-state index contributed by atoms with van der Waals surface area (Å²) in [5, 5.41) is 28.8. The normalized spacial score (nSPS) is 13.8. The maximum Gasteiger partial charge on any atom is 0.335 e. The second-order valence-corrected chi connectivity index (χ2v) is 3.84. The van der Waals surface area contributed by atoms with Crippen LogP contribution < -0.4 is 5.32 Å². The van der Waals surface area contributed by atoms with Crippen LogP contribution in [-0.2, 0) is 19.1 Å². The van der Waals surface area contributed by atoms with Crippen molar-refractivity contribution in [1.82, 2.24) is 5.32 Å². The number of nitrogens with one attached hydrogen (secondary N) is 1. The molecule has 0 amide bonds. The minimum absolute atomic E-state index is 0.0447. The van der Waals surface area contributed by atoms with Gasteiger partial charge in [0.05, 0.1) is 6.54 Å². The van der Waals surface area contributed by atoms with Crippen LogP contribution in [0.4, 0.5) is 0 Å². The van der Waals surface area contributed by atoms with E-state index in [9.17, 15) is 19.5 Å².